The van der Waals surface area contributed by atoms with Crippen molar-refractivity contribution in [1.82, 2.24) is 5.48 Å². The summed E-state index contributed by atoms with van der Waals surface area (Å²) in [6.07, 6.45) is 0. The molecule has 0 radical (unpaired) electrons. The van der Waals surface area contributed by atoms with Crippen molar-refractivity contribution in [2.24, 2.45) is 0 Å². The number of hydrogen-bond donors (Lipinski definition) is 2. The maximum absolute atomic E-state index is 12.7. The third-order valence-electron chi connectivity index (χ3n) is 5.39. The molecule has 0 atom stereocenters. The molecule has 0 aliphatic heterocycles. The van der Waals surface area contributed by atoms with Crippen molar-refractivity contribution in [2.45, 2.75) is 0 Å². The second-order valence-corrected chi connectivity index (χ2v) is 7.94. The molecule has 0 aliphatic carbocycles. The van der Waals surface area contributed by atoms with Gasteiger partial charge < -0.3 is 14.6 Å². The molecule has 4 aromatic carbocycles. The number of aromatic carboxylic acids is 1. The van der Waals surface area contributed by atoms with Gasteiger partial charge in [0.05, 0.1) is 11.3 Å². The van der Waals surface area contributed by atoms with Gasteiger partial charge in [0, 0.05) is 6.07 Å². The van der Waals surface area contributed by atoms with Crippen LogP contribution in [0.2, 0.25) is 0 Å². The quantitative estimate of drug-likeness (QED) is 0.117. The van der Waals surface area contributed by atoms with Crippen molar-refractivity contribution in [3.05, 3.63) is 126 Å². The molecule has 0 heterocycles. The zero-order valence-corrected chi connectivity index (χ0v) is 19.9. The van der Waals surface area contributed by atoms with Gasteiger partial charge in [-0.2, -0.15) is 0 Å². The first-order valence-electron chi connectivity index (χ1n) is 11.5. The van der Waals surface area contributed by atoms with E-state index in [-0.39, 0.29) is 24.5 Å². The molecular formula is C30H25NO6. The van der Waals surface area contributed by atoms with Gasteiger partial charge in [0.15, 0.2) is 0 Å². The molecule has 0 aliphatic rings. The molecule has 186 valence electrons. The minimum atomic E-state index is -1.22. The molecule has 0 saturated carbocycles. The number of carboxylic acids is 1. The molecule has 7 nitrogen and oxygen atoms in total. The molecule has 0 unspecified atom stereocenters. The van der Waals surface area contributed by atoms with E-state index in [1.165, 1.54) is 18.2 Å². The van der Waals surface area contributed by atoms with Crippen LogP contribution < -0.4 is 15.0 Å². The minimum Gasteiger partial charge on any atom is -0.491 e. The number of rotatable bonds is 11. The summed E-state index contributed by atoms with van der Waals surface area (Å²) < 4.78 is 11.1. The number of esters is 1. The topological polar surface area (TPSA) is 94.1 Å². The third-order valence-corrected chi connectivity index (χ3v) is 5.39. The normalized spacial score (nSPS) is 10.4. The van der Waals surface area contributed by atoms with Gasteiger partial charge in [-0.1, -0.05) is 79.4 Å². The lowest BCUT2D eigenvalue weighted by Crippen LogP contribution is -2.17. The minimum absolute atomic E-state index is 0.112. The maximum atomic E-state index is 12.7. The SMILES string of the molecule is C=C(NOCCOc1ccc(C(=O)O)c(OC(=O)c2ccc(-c3ccccc3)cc2)c1)c1ccccc1. The predicted octanol–water partition coefficient (Wildman–Crippen LogP) is 5.84. The Labute approximate surface area is 214 Å². The fourth-order valence-electron chi connectivity index (χ4n) is 3.48. The smallest absolute Gasteiger partial charge is 0.343 e. The highest BCUT2D eigenvalue weighted by molar-refractivity contribution is 5.96. The lowest BCUT2D eigenvalue weighted by molar-refractivity contribution is 0.0539. The van der Waals surface area contributed by atoms with Gasteiger partial charge in [0.25, 0.3) is 0 Å². The fraction of sp³-hybridized carbons (Fsp3) is 0.0667. The summed E-state index contributed by atoms with van der Waals surface area (Å²) in [4.78, 5) is 29.8. The third kappa shape index (κ3) is 6.84. The Morgan fingerprint density at radius 3 is 2.08 bits per heavy atom. The average molecular weight is 496 g/mol. The van der Waals surface area contributed by atoms with Crippen LogP contribution in [-0.2, 0) is 4.84 Å². The number of hydrogen-bond acceptors (Lipinski definition) is 6. The van der Waals surface area contributed by atoms with Crippen LogP contribution in [-0.4, -0.2) is 30.3 Å². The van der Waals surface area contributed by atoms with Crippen LogP contribution in [0, 0.1) is 0 Å². The van der Waals surface area contributed by atoms with E-state index in [1.807, 2.05) is 72.8 Å². The molecule has 0 saturated heterocycles. The van der Waals surface area contributed by atoms with Crippen molar-refractivity contribution in [2.75, 3.05) is 13.2 Å². The Kier molecular flexibility index (Phi) is 8.31. The van der Waals surface area contributed by atoms with Gasteiger partial charge in [-0.05, 0) is 41.0 Å². The lowest BCUT2D eigenvalue weighted by Gasteiger charge is -2.12. The first kappa shape index (κ1) is 25.2. The molecule has 4 aromatic rings. The Morgan fingerprint density at radius 2 is 1.41 bits per heavy atom. The molecule has 37 heavy (non-hydrogen) atoms. The van der Waals surface area contributed by atoms with Gasteiger partial charge in [-0.25, -0.2) is 9.59 Å². The first-order valence-corrected chi connectivity index (χ1v) is 11.5. The van der Waals surface area contributed by atoms with E-state index in [9.17, 15) is 14.7 Å². The molecule has 0 spiro atoms. The van der Waals surface area contributed by atoms with E-state index in [1.54, 1.807) is 12.1 Å². The molecule has 0 fully saturated rings. The van der Waals surface area contributed by atoms with Crippen LogP contribution in [0.15, 0.2) is 110 Å². The monoisotopic (exact) mass is 495 g/mol. The predicted molar refractivity (Wildman–Crippen MR) is 140 cm³/mol. The first-order chi connectivity index (χ1) is 18.0. The highest BCUT2D eigenvalue weighted by Crippen LogP contribution is 2.27. The van der Waals surface area contributed by atoms with Crippen LogP contribution in [0.5, 0.6) is 11.5 Å². The van der Waals surface area contributed by atoms with Crippen molar-refractivity contribution in [3.8, 4) is 22.6 Å². The Morgan fingerprint density at radius 1 is 0.757 bits per heavy atom. The fourth-order valence-corrected chi connectivity index (χ4v) is 3.48. The summed E-state index contributed by atoms with van der Waals surface area (Å²) >= 11 is 0. The van der Waals surface area contributed by atoms with E-state index >= 15 is 0 Å². The number of carbonyl (C=O) groups excluding carboxylic acids is 1. The van der Waals surface area contributed by atoms with E-state index in [0.717, 1.165) is 16.7 Å². The van der Waals surface area contributed by atoms with E-state index in [2.05, 4.69) is 12.1 Å². The number of ether oxygens (including phenoxy) is 2. The van der Waals surface area contributed by atoms with Crippen molar-refractivity contribution >= 4 is 17.6 Å². The average Bonchev–Trinajstić information content (AvgIpc) is 2.93. The molecular weight excluding hydrogens is 470 g/mol. The zero-order chi connectivity index (χ0) is 26.0. The van der Waals surface area contributed by atoms with Crippen LogP contribution >= 0.6 is 0 Å². The van der Waals surface area contributed by atoms with Gasteiger partial charge in [-0.15, -0.1) is 0 Å². The van der Waals surface area contributed by atoms with Crippen molar-refractivity contribution < 1.29 is 29.0 Å². The number of carboxylic acid groups (broad SMARTS) is 1. The summed E-state index contributed by atoms with van der Waals surface area (Å²) in [5.41, 5.74) is 6.37. The number of hydroxylamine groups is 1. The number of nitrogens with one attached hydrogen (secondary N) is 1. The van der Waals surface area contributed by atoms with Gasteiger partial charge in [0.2, 0.25) is 0 Å². The summed E-state index contributed by atoms with van der Waals surface area (Å²) in [6.45, 7) is 4.26. The largest absolute Gasteiger partial charge is 0.491 e. The lowest BCUT2D eigenvalue weighted by atomic mass is 10.0. The Balaban J connectivity index is 1.35. The van der Waals surface area contributed by atoms with Gasteiger partial charge in [-0.3, -0.25) is 10.3 Å². The molecule has 4 rings (SSSR count). The second kappa shape index (κ2) is 12.2. The van der Waals surface area contributed by atoms with Crippen LogP contribution in [0.25, 0.3) is 16.8 Å². The summed E-state index contributed by atoms with van der Waals surface area (Å²) in [5.74, 6) is -1.68. The van der Waals surface area contributed by atoms with E-state index < -0.39 is 11.9 Å². The highest BCUT2D eigenvalue weighted by Gasteiger charge is 2.17. The highest BCUT2D eigenvalue weighted by atomic mass is 16.7. The molecule has 0 amide bonds. The summed E-state index contributed by atoms with van der Waals surface area (Å²) in [6, 6.07) is 30.3. The molecule has 0 bridgehead atoms. The summed E-state index contributed by atoms with van der Waals surface area (Å²) in [7, 11) is 0. The Bertz CT molecular complexity index is 1370. The van der Waals surface area contributed by atoms with Crippen LogP contribution in [0.4, 0.5) is 0 Å². The van der Waals surface area contributed by atoms with E-state index in [0.29, 0.717) is 17.0 Å². The second-order valence-electron chi connectivity index (χ2n) is 7.94. The standard InChI is InChI=1S/C30H25NO6/c1-21(22-8-4-2-5-9-22)31-36-19-18-35-26-16-17-27(29(32)33)28(20-26)37-30(34)25-14-12-24(13-15-25)23-10-6-3-7-11-23/h2-17,20,31H,1,18-19H2,(H,32,33). The zero-order valence-electron chi connectivity index (χ0n) is 19.9. The molecule has 0 aromatic heterocycles. The van der Waals surface area contributed by atoms with Crippen molar-refractivity contribution in [1.29, 1.82) is 0 Å². The Hall–Kier alpha value is -4.88. The summed E-state index contributed by atoms with van der Waals surface area (Å²) in [5, 5.41) is 9.53. The molecule has 2 N–H and O–H groups in total. The van der Waals surface area contributed by atoms with E-state index in [4.69, 9.17) is 14.3 Å². The van der Waals surface area contributed by atoms with Gasteiger partial charge in [0.1, 0.15) is 30.3 Å². The number of benzene rings is 4. The van der Waals surface area contributed by atoms with Gasteiger partial charge >= 0.3 is 11.9 Å². The molecule has 7 heteroatoms. The number of carbonyl (C=O) groups is 2. The van der Waals surface area contributed by atoms with Crippen molar-refractivity contribution in [3.63, 3.8) is 0 Å². The van der Waals surface area contributed by atoms with Crippen LogP contribution in [0.1, 0.15) is 26.3 Å². The van der Waals surface area contributed by atoms with Crippen LogP contribution in [0.3, 0.4) is 0 Å². The maximum Gasteiger partial charge on any atom is 0.343 e.